The Bertz CT molecular complexity index is 877. The van der Waals surface area contributed by atoms with Gasteiger partial charge in [0, 0.05) is 13.1 Å². The van der Waals surface area contributed by atoms with E-state index in [0.717, 1.165) is 9.47 Å². The van der Waals surface area contributed by atoms with Gasteiger partial charge in [-0.2, -0.15) is 9.97 Å². The van der Waals surface area contributed by atoms with E-state index in [1.165, 1.54) is 0 Å². The van der Waals surface area contributed by atoms with Gasteiger partial charge in [-0.1, -0.05) is 16.7 Å². The largest absolute Gasteiger partial charge is 0.480 e. The minimum Gasteiger partial charge on any atom is -0.480 e. The lowest BCUT2D eigenvalue weighted by Crippen LogP contribution is -2.37. The number of aromatic nitrogens is 4. The second-order valence-corrected chi connectivity index (χ2v) is 5.01. The molecule has 12 heteroatoms. The fourth-order valence-corrected chi connectivity index (χ4v) is 2.13. The maximum Gasteiger partial charge on any atom is 0.462 e. The summed E-state index contributed by atoms with van der Waals surface area (Å²) in [6.07, 6.45) is 3.16. The Morgan fingerprint density at radius 1 is 1.04 bits per heavy atom. The molecule has 2 aromatic rings. The van der Waals surface area contributed by atoms with Gasteiger partial charge in [0.25, 0.3) is 5.78 Å². The van der Waals surface area contributed by atoms with Crippen LogP contribution in [-0.2, 0) is 9.59 Å². The van der Waals surface area contributed by atoms with Crippen LogP contribution in [0.5, 0.6) is 0 Å². The summed E-state index contributed by atoms with van der Waals surface area (Å²) >= 11 is 0. The molecule has 0 saturated heterocycles. The van der Waals surface area contributed by atoms with Crippen molar-refractivity contribution in [3.63, 3.8) is 0 Å². The smallest absolute Gasteiger partial charge is 0.462 e. The topological polar surface area (TPSA) is 154 Å². The van der Waals surface area contributed by atoms with Crippen LogP contribution in [0.25, 0.3) is 5.78 Å². The molecule has 0 fully saturated rings. The number of rotatable bonds is 10. The Morgan fingerprint density at radius 2 is 1.62 bits per heavy atom. The lowest BCUT2D eigenvalue weighted by Gasteiger charge is -2.23. The first-order valence-electron chi connectivity index (χ1n) is 7.29. The lowest BCUT2D eigenvalue weighted by molar-refractivity contribution is -0.136. The maximum absolute atomic E-state index is 11.5. The molecule has 0 aliphatic rings. The summed E-state index contributed by atoms with van der Waals surface area (Å²) in [5, 5.41) is 18.1. The van der Waals surface area contributed by atoms with Crippen LogP contribution in [0.15, 0.2) is 34.6 Å². The van der Waals surface area contributed by atoms with Gasteiger partial charge in [-0.05, 0) is 0 Å². The Morgan fingerprint density at radius 3 is 2.12 bits per heavy atom. The number of aliphatic carboxylic acids is 2. The standard InChI is InChI=1S/C14H16N6O6/c1-3-5-18(6-4-2)11-15-12-17-14(25)26-20(12)13(16-11)19(7-9(21)22)8-10(23)24/h3-4H,1-2,5-8H2,(H,21,22)(H,23,24). The molecule has 138 valence electrons. The first-order chi connectivity index (χ1) is 12.3. The van der Waals surface area contributed by atoms with E-state index in [1.807, 2.05) is 0 Å². The van der Waals surface area contributed by atoms with Gasteiger partial charge in [-0.3, -0.25) is 9.59 Å². The van der Waals surface area contributed by atoms with Crippen molar-refractivity contribution in [2.75, 3.05) is 36.0 Å². The number of carboxylic acid groups (broad SMARTS) is 2. The summed E-state index contributed by atoms with van der Waals surface area (Å²) in [5.41, 5.74) is 0. The minimum absolute atomic E-state index is 0.0777. The van der Waals surface area contributed by atoms with Crippen molar-refractivity contribution in [2.45, 2.75) is 0 Å². The summed E-state index contributed by atoms with van der Waals surface area (Å²) < 4.78 is 5.63. The third-order valence-corrected chi connectivity index (χ3v) is 3.04. The highest BCUT2D eigenvalue weighted by molar-refractivity contribution is 5.78. The number of carboxylic acids is 2. The molecule has 2 heterocycles. The fraction of sp³-hybridized carbons (Fsp3) is 0.286. The summed E-state index contributed by atoms with van der Waals surface area (Å²) in [6, 6.07) is 0. The molecule has 0 atom stereocenters. The van der Waals surface area contributed by atoms with Crippen molar-refractivity contribution < 1.29 is 24.3 Å². The van der Waals surface area contributed by atoms with Crippen LogP contribution < -0.4 is 15.6 Å². The average molecular weight is 364 g/mol. The van der Waals surface area contributed by atoms with Crippen LogP contribution in [0, 0.1) is 0 Å². The van der Waals surface area contributed by atoms with Crippen molar-refractivity contribution >= 4 is 29.6 Å². The molecule has 0 aromatic carbocycles. The van der Waals surface area contributed by atoms with Gasteiger partial charge in [0.15, 0.2) is 0 Å². The summed E-state index contributed by atoms with van der Waals surface area (Å²) in [4.78, 5) is 48.0. The molecular formula is C14H16N6O6. The molecule has 0 aliphatic carbocycles. The van der Waals surface area contributed by atoms with Crippen molar-refractivity contribution in [2.24, 2.45) is 0 Å². The molecule has 12 nitrogen and oxygen atoms in total. The predicted octanol–water partition coefficient (Wildman–Crippen LogP) is -0.768. The fourth-order valence-electron chi connectivity index (χ4n) is 2.13. The molecule has 0 radical (unpaired) electrons. The predicted molar refractivity (Wildman–Crippen MR) is 89.4 cm³/mol. The van der Waals surface area contributed by atoms with Crippen LogP contribution in [0.3, 0.4) is 0 Å². The minimum atomic E-state index is -1.30. The zero-order valence-electron chi connectivity index (χ0n) is 13.6. The molecule has 0 aliphatic heterocycles. The van der Waals surface area contributed by atoms with Gasteiger partial charge in [-0.15, -0.1) is 18.1 Å². The van der Waals surface area contributed by atoms with Gasteiger partial charge in [-0.25, -0.2) is 4.79 Å². The van der Waals surface area contributed by atoms with Gasteiger partial charge < -0.3 is 24.5 Å². The first-order valence-corrected chi connectivity index (χ1v) is 7.29. The Labute approximate surface area is 146 Å². The molecule has 0 spiro atoms. The zero-order chi connectivity index (χ0) is 19.3. The Hall–Kier alpha value is -3.70. The number of carbonyl (C=O) groups is 2. The van der Waals surface area contributed by atoms with Gasteiger partial charge in [0.05, 0.1) is 0 Å². The van der Waals surface area contributed by atoms with Crippen molar-refractivity contribution in [3.05, 3.63) is 35.9 Å². The molecule has 0 saturated carbocycles. The van der Waals surface area contributed by atoms with Crippen LogP contribution in [0.1, 0.15) is 0 Å². The number of anilines is 2. The summed E-state index contributed by atoms with van der Waals surface area (Å²) in [7, 11) is 0. The van der Waals surface area contributed by atoms with Crippen LogP contribution >= 0.6 is 0 Å². The third-order valence-electron chi connectivity index (χ3n) is 3.04. The van der Waals surface area contributed by atoms with Crippen LogP contribution in [-0.4, -0.2) is 67.9 Å². The molecule has 2 aromatic heterocycles. The van der Waals surface area contributed by atoms with Gasteiger partial charge in [0.2, 0.25) is 11.9 Å². The lowest BCUT2D eigenvalue weighted by atomic mass is 10.4. The molecule has 2 N–H and O–H groups in total. The van der Waals surface area contributed by atoms with E-state index in [1.54, 1.807) is 17.1 Å². The van der Waals surface area contributed by atoms with Gasteiger partial charge >= 0.3 is 17.7 Å². The van der Waals surface area contributed by atoms with Crippen LogP contribution in [0.4, 0.5) is 11.9 Å². The van der Waals surface area contributed by atoms with E-state index in [0.29, 0.717) is 13.1 Å². The summed E-state index contributed by atoms with van der Waals surface area (Å²) in [5.74, 6) is -3.92. The maximum atomic E-state index is 11.5. The van der Waals surface area contributed by atoms with E-state index >= 15 is 0 Å². The van der Waals surface area contributed by atoms with Crippen molar-refractivity contribution in [3.8, 4) is 0 Å². The van der Waals surface area contributed by atoms with Crippen molar-refractivity contribution in [1.82, 2.24) is 19.5 Å². The first kappa shape index (κ1) is 18.6. The Balaban J connectivity index is 2.65. The van der Waals surface area contributed by atoms with E-state index in [9.17, 15) is 14.4 Å². The second kappa shape index (κ2) is 7.92. The monoisotopic (exact) mass is 364 g/mol. The van der Waals surface area contributed by atoms with E-state index in [2.05, 4.69) is 28.1 Å². The Kier molecular flexibility index (Phi) is 5.67. The molecular weight excluding hydrogens is 348 g/mol. The summed E-state index contributed by atoms with van der Waals surface area (Å²) in [6.45, 7) is 6.51. The normalized spacial score (nSPS) is 10.5. The van der Waals surface area contributed by atoms with E-state index in [-0.39, 0.29) is 17.7 Å². The SMILES string of the molecule is C=CCN(CC=C)c1nc(N(CC(=O)O)CC(=O)O)n2oc(=O)nc2n1. The van der Waals surface area contributed by atoms with Crippen LogP contribution in [0.2, 0.25) is 0 Å². The molecule has 0 bridgehead atoms. The third kappa shape index (κ3) is 4.23. The molecule has 26 heavy (non-hydrogen) atoms. The van der Waals surface area contributed by atoms with E-state index < -0.39 is 30.8 Å². The highest BCUT2D eigenvalue weighted by Gasteiger charge is 2.23. The number of hydrogen-bond donors (Lipinski definition) is 2. The second-order valence-electron chi connectivity index (χ2n) is 5.01. The molecule has 0 amide bonds. The quantitative estimate of drug-likeness (QED) is 0.511. The number of fused-ring (bicyclic) bond motifs is 1. The average Bonchev–Trinajstić information content (AvgIpc) is 2.92. The highest BCUT2D eigenvalue weighted by Crippen LogP contribution is 2.17. The number of hydrogen-bond acceptors (Lipinski definition) is 9. The molecule has 2 rings (SSSR count). The zero-order valence-corrected chi connectivity index (χ0v) is 13.6. The van der Waals surface area contributed by atoms with Gasteiger partial charge in [0.1, 0.15) is 13.1 Å². The number of nitrogens with zero attached hydrogens (tertiary/aromatic N) is 6. The highest BCUT2D eigenvalue weighted by atomic mass is 16.5. The van der Waals surface area contributed by atoms with Crippen molar-refractivity contribution in [1.29, 1.82) is 0 Å². The molecule has 0 unspecified atom stereocenters. The van der Waals surface area contributed by atoms with E-state index in [4.69, 9.17) is 14.7 Å².